The number of nitrogens with one attached hydrogen (secondary N) is 1. The van der Waals surface area contributed by atoms with Gasteiger partial charge < -0.3 is 0 Å². The SMILES string of the molecule is CONC(=O)C(C)Cc1ccc(Cl)cc1. The molecule has 0 saturated carbocycles. The Kier molecular flexibility index (Phi) is 4.59. The topological polar surface area (TPSA) is 38.3 Å². The van der Waals surface area contributed by atoms with Crippen molar-refractivity contribution in [2.75, 3.05) is 7.11 Å². The Morgan fingerprint density at radius 3 is 2.60 bits per heavy atom. The number of hydrogen-bond acceptors (Lipinski definition) is 2. The molecule has 0 aliphatic carbocycles. The zero-order valence-electron chi connectivity index (χ0n) is 8.79. The number of hydroxylamine groups is 1. The molecule has 1 rings (SSSR count). The fourth-order valence-electron chi connectivity index (χ4n) is 1.27. The van der Waals surface area contributed by atoms with Crippen molar-refractivity contribution in [3.8, 4) is 0 Å². The lowest BCUT2D eigenvalue weighted by Gasteiger charge is -2.10. The van der Waals surface area contributed by atoms with Crippen LogP contribution in [0.5, 0.6) is 0 Å². The molecule has 0 spiro atoms. The average Bonchev–Trinajstić information content (AvgIpc) is 2.22. The lowest BCUT2D eigenvalue weighted by atomic mass is 10.0. The first-order chi connectivity index (χ1) is 7.13. The van der Waals surface area contributed by atoms with Crippen LogP contribution < -0.4 is 5.48 Å². The Balaban J connectivity index is 2.54. The van der Waals surface area contributed by atoms with Crippen LogP contribution in [0.25, 0.3) is 0 Å². The molecule has 1 aromatic rings. The van der Waals surface area contributed by atoms with Crippen LogP contribution in [0.3, 0.4) is 0 Å². The van der Waals surface area contributed by atoms with Crippen LogP contribution in [0.4, 0.5) is 0 Å². The third kappa shape index (κ3) is 3.90. The lowest BCUT2D eigenvalue weighted by Crippen LogP contribution is -2.29. The zero-order valence-corrected chi connectivity index (χ0v) is 9.54. The monoisotopic (exact) mass is 227 g/mol. The summed E-state index contributed by atoms with van der Waals surface area (Å²) in [5, 5.41) is 0.702. The molecular weight excluding hydrogens is 214 g/mol. The van der Waals surface area contributed by atoms with Gasteiger partial charge in [-0.05, 0) is 24.1 Å². The normalized spacial score (nSPS) is 12.2. The summed E-state index contributed by atoms with van der Waals surface area (Å²) in [6.07, 6.45) is 0.673. The Morgan fingerprint density at radius 1 is 1.47 bits per heavy atom. The summed E-state index contributed by atoms with van der Waals surface area (Å²) in [6.45, 7) is 1.85. The van der Waals surface area contributed by atoms with E-state index in [0.29, 0.717) is 11.4 Å². The van der Waals surface area contributed by atoms with Crippen LogP contribution in [0.2, 0.25) is 5.02 Å². The van der Waals surface area contributed by atoms with Gasteiger partial charge in [-0.1, -0.05) is 30.7 Å². The first-order valence-electron chi connectivity index (χ1n) is 4.70. The maximum atomic E-state index is 11.4. The summed E-state index contributed by atoms with van der Waals surface area (Å²) >= 11 is 5.76. The molecule has 0 aliphatic heterocycles. The van der Waals surface area contributed by atoms with Crippen LogP contribution in [0.1, 0.15) is 12.5 Å². The van der Waals surface area contributed by atoms with Crippen LogP contribution in [-0.2, 0) is 16.1 Å². The van der Waals surface area contributed by atoms with E-state index < -0.39 is 0 Å². The molecule has 3 nitrogen and oxygen atoms in total. The van der Waals surface area contributed by atoms with E-state index in [-0.39, 0.29) is 11.8 Å². The molecule has 82 valence electrons. The predicted octanol–water partition coefficient (Wildman–Crippen LogP) is 2.20. The van der Waals surface area contributed by atoms with Crippen molar-refractivity contribution in [2.24, 2.45) is 5.92 Å². The summed E-state index contributed by atoms with van der Waals surface area (Å²) in [7, 11) is 1.42. The summed E-state index contributed by atoms with van der Waals surface area (Å²) in [5.41, 5.74) is 3.39. The number of carbonyl (C=O) groups excluding carboxylic acids is 1. The largest absolute Gasteiger partial charge is 0.277 e. The van der Waals surface area contributed by atoms with Gasteiger partial charge in [-0.3, -0.25) is 9.63 Å². The fourth-order valence-corrected chi connectivity index (χ4v) is 1.39. The standard InChI is InChI=1S/C11H14ClNO2/c1-8(11(14)13-15-2)7-9-3-5-10(12)6-4-9/h3-6,8H,7H2,1-2H3,(H,13,14). The molecular formula is C11H14ClNO2. The van der Waals surface area contributed by atoms with Crippen LogP contribution in [0, 0.1) is 5.92 Å². The molecule has 0 saturated heterocycles. The highest BCUT2D eigenvalue weighted by atomic mass is 35.5. The molecule has 0 heterocycles. The number of hydrogen-bond donors (Lipinski definition) is 1. The number of carbonyl (C=O) groups is 1. The Bertz CT molecular complexity index is 324. The summed E-state index contributed by atoms with van der Waals surface area (Å²) in [4.78, 5) is 15.9. The molecule has 0 aliphatic rings. The Morgan fingerprint density at radius 2 is 2.07 bits per heavy atom. The second-order valence-corrected chi connectivity index (χ2v) is 3.84. The van der Waals surface area contributed by atoms with Crippen molar-refractivity contribution in [3.63, 3.8) is 0 Å². The van der Waals surface area contributed by atoms with E-state index in [0.717, 1.165) is 5.56 Å². The molecule has 0 bridgehead atoms. The van der Waals surface area contributed by atoms with E-state index in [4.69, 9.17) is 11.6 Å². The quantitative estimate of drug-likeness (QED) is 0.801. The van der Waals surface area contributed by atoms with E-state index in [1.165, 1.54) is 7.11 Å². The molecule has 1 aromatic carbocycles. The van der Waals surface area contributed by atoms with Crippen LogP contribution in [-0.4, -0.2) is 13.0 Å². The minimum atomic E-state index is -0.119. The van der Waals surface area contributed by atoms with Gasteiger partial charge in [0.25, 0.3) is 0 Å². The molecule has 1 N–H and O–H groups in total. The van der Waals surface area contributed by atoms with Gasteiger partial charge in [0, 0.05) is 10.9 Å². The van der Waals surface area contributed by atoms with E-state index >= 15 is 0 Å². The molecule has 4 heteroatoms. The van der Waals surface area contributed by atoms with E-state index in [1.807, 2.05) is 31.2 Å². The third-order valence-electron chi connectivity index (χ3n) is 2.11. The molecule has 1 unspecified atom stereocenters. The van der Waals surface area contributed by atoms with Gasteiger partial charge in [0.1, 0.15) is 0 Å². The second kappa shape index (κ2) is 5.73. The third-order valence-corrected chi connectivity index (χ3v) is 2.36. The lowest BCUT2D eigenvalue weighted by molar-refractivity contribution is -0.134. The van der Waals surface area contributed by atoms with Crippen molar-refractivity contribution in [1.29, 1.82) is 0 Å². The molecule has 0 aromatic heterocycles. The van der Waals surface area contributed by atoms with E-state index in [9.17, 15) is 4.79 Å². The van der Waals surface area contributed by atoms with E-state index in [1.54, 1.807) is 0 Å². The van der Waals surface area contributed by atoms with Crippen LogP contribution in [0.15, 0.2) is 24.3 Å². The first-order valence-corrected chi connectivity index (χ1v) is 5.08. The summed E-state index contributed by atoms with van der Waals surface area (Å²) in [6, 6.07) is 7.47. The fraction of sp³-hybridized carbons (Fsp3) is 0.364. The maximum absolute atomic E-state index is 11.4. The highest BCUT2D eigenvalue weighted by molar-refractivity contribution is 6.30. The van der Waals surface area contributed by atoms with Gasteiger partial charge in [0.2, 0.25) is 5.91 Å². The van der Waals surface area contributed by atoms with Crippen LogP contribution >= 0.6 is 11.6 Å². The highest BCUT2D eigenvalue weighted by Crippen LogP contribution is 2.13. The van der Waals surface area contributed by atoms with Gasteiger partial charge >= 0.3 is 0 Å². The molecule has 1 amide bonds. The minimum Gasteiger partial charge on any atom is -0.277 e. The van der Waals surface area contributed by atoms with Gasteiger partial charge in [-0.25, -0.2) is 5.48 Å². The first kappa shape index (κ1) is 12.0. The van der Waals surface area contributed by atoms with Crippen molar-refractivity contribution in [3.05, 3.63) is 34.9 Å². The molecule has 0 radical (unpaired) electrons. The minimum absolute atomic E-state index is 0.118. The van der Waals surface area contributed by atoms with Gasteiger partial charge in [0.05, 0.1) is 7.11 Å². The number of benzene rings is 1. The van der Waals surface area contributed by atoms with Crippen molar-refractivity contribution in [1.82, 2.24) is 5.48 Å². The predicted molar refractivity (Wildman–Crippen MR) is 59.5 cm³/mol. The van der Waals surface area contributed by atoms with Gasteiger partial charge in [-0.2, -0.15) is 0 Å². The highest BCUT2D eigenvalue weighted by Gasteiger charge is 2.12. The zero-order chi connectivity index (χ0) is 11.3. The molecule has 15 heavy (non-hydrogen) atoms. The maximum Gasteiger partial charge on any atom is 0.246 e. The Hall–Kier alpha value is -1.06. The number of amides is 1. The van der Waals surface area contributed by atoms with E-state index in [2.05, 4.69) is 10.3 Å². The summed E-state index contributed by atoms with van der Waals surface area (Å²) in [5.74, 6) is -0.237. The number of rotatable bonds is 4. The summed E-state index contributed by atoms with van der Waals surface area (Å²) < 4.78 is 0. The van der Waals surface area contributed by atoms with Crippen molar-refractivity contribution in [2.45, 2.75) is 13.3 Å². The molecule has 1 atom stereocenters. The van der Waals surface area contributed by atoms with Crippen molar-refractivity contribution >= 4 is 17.5 Å². The molecule has 0 fully saturated rings. The smallest absolute Gasteiger partial charge is 0.246 e. The van der Waals surface area contributed by atoms with Crippen molar-refractivity contribution < 1.29 is 9.63 Å². The van der Waals surface area contributed by atoms with Gasteiger partial charge in [-0.15, -0.1) is 0 Å². The Labute approximate surface area is 94.3 Å². The van der Waals surface area contributed by atoms with Gasteiger partial charge in [0.15, 0.2) is 0 Å². The average molecular weight is 228 g/mol. The number of halogens is 1. The second-order valence-electron chi connectivity index (χ2n) is 3.40.